The highest BCUT2D eigenvalue weighted by Crippen LogP contribution is 2.03. The first-order valence-corrected chi connectivity index (χ1v) is 6.48. The largest absolute Gasteiger partial charge is 0.302 e. The molecule has 0 radical (unpaired) electrons. The van der Waals surface area contributed by atoms with Crippen LogP contribution in [0.2, 0.25) is 5.15 Å². The molecule has 0 aliphatic carbocycles. The summed E-state index contributed by atoms with van der Waals surface area (Å²) in [6.45, 7) is 9.74. The second kappa shape index (κ2) is 6.77. The molecule has 0 bridgehead atoms. The highest BCUT2D eigenvalue weighted by molar-refractivity contribution is 6.29. The van der Waals surface area contributed by atoms with Gasteiger partial charge in [0.25, 0.3) is 5.56 Å². The zero-order chi connectivity index (χ0) is 12.8. The quantitative estimate of drug-likeness (QED) is 0.730. The van der Waals surface area contributed by atoms with Gasteiger partial charge >= 0.3 is 0 Å². The second-order valence-electron chi connectivity index (χ2n) is 3.87. The Kier molecular flexibility index (Phi) is 5.65. The molecule has 1 heterocycles. The van der Waals surface area contributed by atoms with Crippen molar-refractivity contribution in [1.29, 1.82) is 0 Å². The van der Waals surface area contributed by atoms with Crippen LogP contribution in [0.15, 0.2) is 10.9 Å². The minimum absolute atomic E-state index is 0.0611. The van der Waals surface area contributed by atoms with E-state index in [1.165, 1.54) is 6.07 Å². The third-order valence-electron chi connectivity index (χ3n) is 2.91. The Hall–Kier alpha value is -0.870. The van der Waals surface area contributed by atoms with Crippen LogP contribution < -0.4 is 5.56 Å². The van der Waals surface area contributed by atoms with Crippen LogP contribution >= 0.6 is 11.6 Å². The van der Waals surface area contributed by atoms with Crippen LogP contribution in [0.3, 0.4) is 0 Å². The van der Waals surface area contributed by atoms with Crippen LogP contribution in [-0.4, -0.2) is 34.1 Å². The summed E-state index contributed by atoms with van der Waals surface area (Å²) in [7, 11) is 0. The van der Waals surface area contributed by atoms with Crippen LogP contribution in [0.1, 0.15) is 26.6 Å². The average molecular weight is 258 g/mol. The number of halogens is 1. The summed E-state index contributed by atoms with van der Waals surface area (Å²) >= 11 is 5.78. The van der Waals surface area contributed by atoms with E-state index < -0.39 is 0 Å². The van der Waals surface area contributed by atoms with Gasteiger partial charge in [-0.25, -0.2) is 4.98 Å². The van der Waals surface area contributed by atoms with Crippen molar-refractivity contribution in [3.8, 4) is 0 Å². The van der Waals surface area contributed by atoms with Gasteiger partial charge in [-0.2, -0.15) is 0 Å². The van der Waals surface area contributed by atoms with E-state index in [2.05, 4.69) is 23.7 Å². The molecule has 0 aliphatic rings. The van der Waals surface area contributed by atoms with Crippen molar-refractivity contribution in [1.82, 2.24) is 14.5 Å². The number of nitrogens with zero attached hydrogens (tertiary/aromatic N) is 3. The van der Waals surface area contributed by atoms with E-state index in [1.807, 2.05) is 6.92 Å². The summed E-state index contributed by atoms with van der Waals surface area (Å²) in [5, 5.41) is 0.283. The first-order chi connectivity index (χ1) is 8.12. The van der Waals surface area contributed by atoms with Crippen molar-refractivity contribution in [3.63, 3.8) is 0 Å². The molecule has 5 heteroatoms. The predicted octanol–water partition coefficient (Wildman–Crippen LogP) is 1.80. The number of likely N-dealkylation sites (N-methyl/N-ethyl adjacent to an activating group) is 1. The summed E-state index contributed by atoms with van der Waals surface area (Å²) in [6.07, 6.45) is 0.716. The van der Waals surface area contributed by atoms with Gasteiger partial charge in [-0.3, -0.25) is 9.36 Å². The zero-order valence-corrected chi connectivity index (χ0v) is 11.5. The molecule has 0 aromatic carbocycles. The normalized spacial score (nSPS) is 11.1. The number of rotatable bonds is 6. The minimum Gasteiger partial charge on any atom is -0.302 e. The van der Waals surface area contributed by atoms with Crippen molar-refractivity contribution in [2.75, 3.05) is 19.6 Å². The topological polar surface area (TPSA) is 38.1 Å². The van der Waals surface area contributed by atoms with Crippen molar-refractivity contribution in [3.05, 3.63) is 27.4 Å². The summed E-state index contributed by atoms with van der Waals surface area (Å²) in [6, 6.07) is 1.38. The standard InChI is InChI=1S/C12H20ClN3O/c1-4-11-14-10(13)9-12(17)16(11)8-7-15(5-2)6-3/h9H,4-8H2,1-3H3. The SMILES string of the molecule is CCc1nc(Cl)cc(=O)n1CCN(CC)CC. The number of aromatic nitrogens is 2. The third kappa shape index (κ3) is 3.82. The fourth-order valence-corrected chi connectivity index (χ4v) is 2.00. The number of hydrogen-bond donors (Lipinski definition) is 0. The Bertz CT molecular complexity index is 413. The van der Waals surface area contributed by atoms with E-state index in [4.69, 9.17) is 11.6 Å². The van der Waals surface area contributed by atoms with E-state index in [0.29, 0.717) is 13.0 Å². The van der Waals surface area contributed by atoms with Crippen molar-refractivity contribution in [2.45, 2.75) is 33.7 Å². The lowest BCUT2D eigenvalue weighted by atomic mass is 10.4. The molecule has 0 unspecified atom stereocenters. The molecule has 0 aliphatic heterocycles. The maximum atomic E-state index is 11.8. The molecule has 1 aromatic rings. The van der Waals surface area contributed by atoms with Gasteiger partial charge in [0.05, 0.1) is 0 Å². The zero-order valence-electron chi connectivity index (χ0n) is 10.7. The Morgan fingerprint density at radius 2 is 2.00 bits per heavy atom. The van der Waals surface area contributed by atoms with Gasteiger partial charge in [-0.15, -0.1) is 0 Å². The summed E-state index contributed by atoms with van der Waals surface area (Å²) in [5.41, 5.74) is -0.0611. The highest BCUT2D eigenvalue weighted by atomic mass is 35.5. The fourth-order valence-electron chi connectivity index (χ4n) is 1.81. The van der Waals surface area contributed by atoms with Gasteiger partial charge in [-0.05, 0) is 13.1 Å². The molecule has 0 saturated carbocycles. The summed E-state index contributed by atoms with van der Waals surface area (Å²) < 4.78 is 1.71. The van der Waals surface area contributed by atoms with E-state index in [9.17, 15) is 4.79 Å². The molecule has 96 valence electrons. The third-order valence-corrected chi connectivity index (χ3v) is 3.10. The highest BCUT2D eigenvalue weighted by Gasteiger charge is 2.07. The monoisotopic (exact) mass is 257 g/mol. The van der Waals surface area contributed by atoms with Gasteiger partial charge < -0.3 is 4.90 Å². The van der Waals surface area contributed by atoms with Crippen LogP contribution in [0, 0.1) is 0 Å². The average Bonchev–Trinajstić information content (AvgIpc) is 2.31. The van der Waals surface area contributed by atoms with Gasteiger partial charge in [-0.1, -0.05) is 32.4 Å². The van der Waals surface area contributed by atoms with Gasteiger partial charge in [0.2, 0.25) is 0 Å². The Morgan fingerprint density at radius 3 is 2.53 bits per heavy atom. The van der Waals surface area contributed by atoms with Gasteiger partial charge in [0, 0.05) is 25.6 Å². The lowest BCUT2D eigenvalue weighted by molar-refractivity contribution is 0.287. The molecule has 0 spiro atoms. The Morgan fingerprint density at radius 1 is 1.35 bits per heavy atom. The molecule has 0 fully saturated rings. The van der Waals surface area contributed by atoms with Crippen LogP contribution in [0.5, 0.6) is 0 Å². The maximum Gasteiger partial charge on any atom is 0.255 e. The van der Waals surface area contributed by atoms with E-state index in [0.717, 1.165) is 25.5 Å². The van der Waals surface area contributed by atoms with E-state index in [-0.39, 0.29) is 10.7 Å². The fraction of sp³-hybridized carbons (Fsp3) is 0.667. The van der Waals surface area contributed by atoms with Gasteiger partial charge in [0.1, 0.15) is 11.0 Å². The van der Waals surface area contributed by atoms with E-state index >= 15 is 0 Å². The molecule has 4 nitrogen and oxygen atoms in total. The van der Waals surface area contributed by atoms with Crippen molar-refractivity contribution in [2.24, 2.45) is 0 Å². The van der Waals surface area contributed by atoms with Crippen LogP contribution in [0.25, 0.3) is 0 Å². The van der Waals surface area contributed by atoms with Crippen LogP contribution in [0.4, 0.5) is 0 Å². The minimum atomic E-state index is -0.0611. The van der Waals surface area contributed by atoms with Crippen molar-refractivity contribution < 1.29 is 0 Å². The summed E-state index contributed by atoms with van der Waals surface area (Å²) in [4.78, 5) is 18.3. The molecule has 0 N–H and O–H groups in total. The Balaban J connectivity index is 2.86. The first kappa shape index (κ1) is 14.2. The predicted molar refractivity (Wildman–Crippen MR) is 70.7 cm³/mol. The molecule has 17 heavy (non-hydrogen) atoms. The van der Waals surface area contributed by atoms with Crippen LogP contribution in [-0.2, 0) is 13.0 Å². The first-order valence-electron chi connectivity index (χ1n) is 6.10. The van der Waals surface area contributed by atoms with E-state index in [1.54, 1.807) is 4.57 Å². The molecule has 1 aromatic heterocycles. The molecule has 1 rings (SSSR count). The number of aryl methyl sites for hydroxylation is 1. The maximum absolute atomic E-state index is 11.8. The molecule has 0 saturated heterocycles. The Labute approximate surface area is 107 Å². The second-order valence-corrected chi connectivity index (χ2v) is 4.25. The smallest absolute Gasteiger partial charge is 0.255 e. The number of hydrogen-bond acceptors (Lipinski definition) is 3. The molecular formula is C12H20ClN3O. The molecule has 0 atom stereocenters. The lowest BCUT2D eigenvalue weighted by Crippen LogP contribution is -2.32. The molecule has 0 amide bonds. The van der Waals surface area contributed by atoms with Crippen molar-refractivity contribution >= 4 is 11.6 Å². The van der Waals surface area contributed by atoms with Gasteiger partial charge in [0.15, 0.2) is 0 Å². The summed E-state index contributed by atoms with van der Waals surface area (Å²) in [5.74, 6) is 0.759. The lowest BCUT2D eigenvalue weighted by Gasteiger charge is -2.19. The molecular weight excluding hydrogens is 238 g/mol.